The second kappa shape index (κ2) is 9.20. The van der Waals surface area contributed by atoms with Gasteiger partial charge in [0.25, 0.3) is 0 Å². The molecule has 0 heterocycles. The second-order valence-corrected chi connectivity index (χ2v) is 4.96. The van der Waals surface area contributed by atoms with E-state index in [4.69, 9.17) is 15.2 Å². The first-order valence-electron chi connectivity index (χ1n) is 6.86. The number of nitrogens with zero attached hydrogens (tertiary/aromatic N) is 1. The van der Waals surface area contributed by atoms with Gasteiger partial charge in [-0.05, 0) is 23.6 Å². The smallest absolute Gasteiger partial charge is 0.188 e. The van der Waals surface area contributed by atoms with Gasteiger partial charge < -0.3 is 20.5 Å². The number of hydrogen-bond donors (Lipinski definition) is 2. The van der Waals surface area contributed by atoms with Crippen LogP contribution in [0.1, 0.15) is 19.4 Å². The normalized spacial score (nSPS) is 11.7. The molecule has 0 bridgehead atoms. The van der Waals surface area contributed by atoms with E-state index in [9.17, 15) is 0 Å². The van der Waals surface area contributed by atoms with Crippen molar-refractivity contribution in [2.75, 3.05) is 26.9 Å². The van der Waals surface area contributed by atoms with Crippen LogP contribution in [0.15, 0.2) is 29.3 Å². The fourth-order valence-corrected chi connectivity index (χ4v) is 1.52. The number of nitrogens with two attached hydrogens (primary N) is 1. The van der Waals surface area contributed by atoms with Crippen molar-refractivity contribution in [3.63, 3.8) is 0 Å². The summed E-state index contributed by atoms with van der Waals surface area (Å²) in [5.41, 5.74) is 6.86. The molecule has 0 unspecified atom stereocenters. The minimum Gasteiger partial charge on any atom is -0.491 e. The molecule has 0 spiro atoms. The molecule has 3 N–H and O–H groups in total. The van der Waals surface area contributed by atoms with Gasteiger partial charge in [-0.3, -0.25) is 0 Å². The van der Waals surface area contributed by atoms with E-state index in [-0.39, 0.29) is 0 Å². The molecule has 0 fully saturated rings. The van der Waals surface area contributed by atoms with Crippen molar-refractivity contribution in [1.82, 2.24) is 5.32 Å². The van der Waals surface area contributed by atoms with Crippen LogP contribution in [0.25, 0.3) is 0 Å². The standard InChI is InChI=1S/C15H25N3O2/c1-12(2)10-17-15(16)18-11-13-5-4-6-14(9-13)20-8-7-19-3/h4-6,9,12H,7-8,10-11H2,1-3H3,(H3,16,17,18). The van der Waals surface area contributed by atoms with Gasteiger partial charge >= 0.3 is 0 Å². The van der Waals surface area contributed by atoms with Crippen molar-refractivity contribution < 1.29 is 9.47 Å². The Hall–Kier alpha value is -1.75. The molecule has 0 aliphatic rings. The Bertz CT molecular complexity index is 419. The van der Waals surface area contributed by atoms with Crippen LogP contribution < -0.4 is 15.8 Å². The topological polar surface area (TPSA) is 68.9 Å². The number of methoxy groups -OCH3 is 1. The molecule has 0 aliphatic carbocycles. The zero-order valence-electron chi connectivity index (χ0n) is 12.6. The predicted molar refractivity (Wildman–Crippen MR) is 82.0 cm³/mol. The van der Waals surface area contributed by atoms with Gasteiger partial charge in [0.2, 0.25) is 0 Å². The maximum absolute atomic E-state index is 5.80. The molecule has 1 aromatic carbocycles. The number of rotatable bonds is 8. The SMILES string of the molecule is COCCOc1cccc(CN=C(N)NCC(C)C)c1. The summed E-state index contributed by atoms with van der Waals surface area (Å²) in [6, 6.07) is 7.84. The molecule has 0 radical (unpaired) electrons. The van der Waals surface area contributed by atoms with Crippen LogP contribution in [0.4, 0.5) is 0 Å². The highest BCUT2D eigenvalue weighted by molar-refractivity contribution is 5.77. The molecule has 0 saturated heterocycles. The van der Waals surface area contributed by atoms with Crippen molar-refractivity contribution in [1.29, 1.82) is 0 Å². The first-order chi connectivity index (χ1) is 9.61. The number of guanidine groups is 1. The zero-order valence-corrected chi connectivity index (χ0v) is 12.6. The number of ether oxygens (including phenoxy) is 2. The van der Waals surface area contributed by atoms with E-state index in [0.717, 1.165) is 17.9 Å². The first kappa shape index (κ1) is 16.3. The Morgan fingerprint density at radius 1 is 1.35 bits per heavy atom. The van der Waals surface area contributed by atoms with E-state index in [0.29, 0.717) is 31.6 Å². The molecule has 1 aromatic rings. The maximum atomic E-state index is 5.80. The van der Waals surface area contributed by atoms with Crippen LogP contribution in [0.3, 0.4) is 0 Å². The highest BCUT2D eigenvalue weighted by Gasteiger charge is 1.98. The van der Waals surface area contributed by atoms with Crippen molar-refractivity contribution in [3.8, 4) is 5.75 Å². The van der Waals surface area contributed by atoms with E-state index in [1.54, 1.807) is 7.11 Å². The summed E-state index contributed by atoms with van der Waals surface area (Å²) in [5, 5.41) is 3.09. The van der Waals surface area contributed by atoms with Crippen molar-refractivity contribution in [2.24, 2.45) is 16.6 Å². The average Bonchev–Trinajstić information content (AvgIpc) is 2.43. The predicted octanol–water partition coefficient (Wildman–Crippen LogP) is 1.77. The summed E-state index contributed by atoms with van der Waals surface area (Å²) in [5.74, 6) is 1.84. The lowest BCUT2D eigenvalue weighted by atomic mass is 10.2. The second-order valence-electron chi connectivity index (χ2n) is 4.96. The third kappa shape index (κ3) is 6.99. The lowest BCUT2D eigenvalue weighted by Gasteiger charge is -2.09. The van der Waals surface area contributed by atoms with E-state index < -0.39 is 0 Å². The van der Waals surface area contributed by atoms with Crippen LogP contribution in [0.2, 0.25) is 0 Å². The molecule has 5 nitrogen and oxygen atoms in total. The molecule has 20 heavy (non-hydrogen) atoms. The molecule has 0 atom stereocenters. The van der Waals surface area contributed by atoms with Gasteiger partial charge in [0.05, 0.1) is 13.2 Å². The molecular weight excluding hydrogens is 254 g/mol. The average molecular weight is 279 g/mol. The van der Waals surface area contributed by atoms with Crippen LogP contribution >= 0.6 is 0 Å². The van der Waals surface area contributed by atoms with Gasteiger partial charge in [0, 0.05) is 13.7 Å². The molecule has 0 aromatic heterocycles. The summed E-state index contributed by atoms with van der Waals surface area (Å²) in [4.78, 5) is 4.31. The van der Waals surface area contributed by atoms with E-state index in [1.807, 2.05) is 24.3 Å². The van der Waals surface area contributed by atoms with Crippen molar-refractivity contribution >= 4 is 5.96 Å². The minimum absolute atomic E-state index is 0.476. The highest BCUT2D eigenvalue weighted by Crippen LogP contribution is 2.13. The Balaban J connectivity index is 2.46. The fraction of sp³-hybridized carbons (Fsp3) is 0.533. The molecule has 1 rings (SSSR count). The third-order valence-electron chi connectivity index (χ3n) is 2.58. The molecule has 112 valence electrons. The summed E-state index contributed by atoms with van der Waals surface area (Å²) >= 11 is 0. The highest BCUT2D eigenvalue weighted by atomic mass is 16.5. The van der Waals surface area contributed by atoms with Crippen molar-refractivity contribution in [2.45, 2.75) is 20.4 Å². The maximum Gasteiger partial charge on any atom is 0.188 e. The Morgan fingerprint density at radius 3 is 2.85 bits per heavy atom. The van der Waals surface area contributed by atoms with Crippen LogP contribution in [-0.2, 0) is 11.3 Å². The molecule has 0 saturated carbocycles. The van der Waals surface area contributed by atoms with E-state index in [1.165, 1.54) is 0 Å². The summed E-state index contributed by atoms with van der Waals surface area (Å²) < 4.78 is 10.5. The van der Waals surface area contributed by atoms with Gasteiger partial charge in [-0.2, -0.15) is 0 Å². The lowest BCUT2D eigenvalue weighted by molar-refractivity contribution is 0.146. The van der Waals surface area contributed by atoms with Gasteiger partial charge in [-0.1, -0.05) is 26.0 Å². The summed E-state index contributed by atoms with van der Waals surface area (Å²) in [6.45, 7) is 6.74. The van der Waals surface area contributed by atoms with Crippen LogP contribution in [-0.4, -0.2) is 32.8 Å². The summed E-state index contributed by atoms with van der Waals surface area (Å²) in [7, 11) is 1.65. The largest absolute Gasteiger partial charge is 0.491 e. The van der Waals surface area contributed by atoms with Gasteiger partial charge in [-0.15, -0.1) is 0 Å². The lowest BCUT2D eigenvalue weighted by Crippen LogP contribution is -2.34. The molecular formula is C15H25N3O2. The Morgan fingerprint density at radius 2 is 2.15 bits per heavy atom. The van der Waals surface area contributed by atoms with E-state index >= 15 is 0 Å². The Kier molecular flexibility index (Phi) is 7.50. The summed E-state index contributed by atoms with van der Waals surface area (Å²) in [6.07, 6.45) is 0. The number of nitrogens with one attached hydrogen (secondary N) is 1. The molecule has 0 aliphatic heterocycles. The fourth-order valence-electron chi connectivity index (χ4n) is 1.52. The van der Waals surface area contributed by atoms with Crippen LogP contribution in [0, 0.1) is 5.92 Å². The Labute approximate surface area is 121 Å². The third-order valence-corrected chi connectivity index (χ3v) is 2.58. The molecule has 5 heteroatoms. The zero-order chi connectivity index (χ0) is 14.8. The monoisotopic (exact) mass is 279 g/mol. The quantitative estimate of drug-likeness (QED) is 0.432. The van der Waals surface area contributed by atoms with Crippen LogP contribution in [0.5, 0.6) is 5.75 Å². The molecule has 0 amide bonds. The van der Waals surface area contributed by atoms with E-state index in [2.05, 4.69) is 24.2 Å². The number of aliphatic imine (C=N–C) groups is 1. The minimum atomic E-state index is 0.476. The number of hydrogen-bond acceptors (Lipinski definition) is 3. The van der Waals surface area contributed by atoms with Gasteiger partial charge in [-0.25, -0.2) is 4.99 Å². The van der Waals surface area contributed by atoms with Crippen molar-refractivity contribution in [3.05, 3.63) is 29.8 Å². The van der Waals surface area contributed by atoms with Gasteiger partial charge in [0.1, 0.15) is 12.4 Å². The number of benzene rings is 1. The first-order valence-corrected chi connectivity index (χ1v) is 6.86. The van der Waals surface area contributed by atoms with Gasteiger partial charge in [0.15, 0.2) is 5.96 Å².